The first kappa shape index (κ1) is 21.4. The Morgan fingerprint density at radius 2 is 1.90 bits per heavy atom. The van der Waals surface area contributed by atoms with Crippen molar-refractivity contribution in [3.8, 4) is 5.75 Å². The van der Waals surface area contributed by atoms with Crippen LogP contribution in [0.25, 0.3) is 0 Å². The number of amides is 1. The molecule has 1 aromatic heterocycles. The van der Waals surface area contributed by atoms with E-state index in [-0.39, 0.29) is 17.7 Å². The van der Waals surface area contributed by atoms with Crippen LogP contribution in [-0.2, 0) is 31.3 Å². The van der Waals surface area contributed by atoms with E-state index in [1.165, 1.54) is 35.7 Å². The van der Waals surface area contributed by atoms with Crippen LogP contribution in [0.4, 0.5) is 0 Å². The first-order chi connectivity index (χ1) is 15.1. The van der Waals surface area contributed by atoms with E-state index in [9.17, 15) is 4.79 Å². The number of benzene rings is 2. The highest BCUT2D eigenvalue weighted by molar-refractivity contribution is 7.99. The molecule has 4 rings (SSSR count). The second-order valence-corrected chi connectivity index (χ2v) is 8.82. The van der Waals surface area contributed by atoms with Gasteiger partial charge in [0, 0.05) is 7.05 Å². The van der Waals surface area contributed by atoms with Crippen molar-refractivity contribution in [2.24, 2.45) is 7.05 Å². The third-order valence-corrected chi connectivity index (χ3v) is 6.64. The quantitative estimate of drug-likeness (QED) is 0.535. The molecular weight excluding hydrogens is 408 g/mol. The number of rotatable bonds is 8. The Kier molecular flexibility index (Phi) is 6.92. The lowest BCUT2D eigenvalue weighted by atomic mass is 9.92. The fraction of sp³-hybridized carbons (Fsp3) is 0.375. The van der Waals surface area contributed by atoms with Crippen LogP contribution in [0.2, 0.25) is 0 Å². The molecule has 1 N–H and O–H groups in total. The van der Waals surface area contributed by atoms with Gasteiger partial charge in [-0.05, 0) is 61.4 Å². The van der Waals surface area contributed by atoms with Gasteiger partial charge in [0.25, 0.3) is 0 Å². The van der Waals surface area contributed by atoms with Gasteiger partial charge in [-0.25, -0.2) is 0 Å². The van der Waals surface area contributed by atoms with Crippen molar-refractivity contribution in [1.29, 1.82) is 0 Å². The monoisotopic (exact) mass is 436 g/mol. The zero-order valence-corrected chi connectivity index (χ0v) is 18.8. The Hall–Kier alpha value is -2.80. The summed E-state index contributed by atoms with van der Waals surface area (Å²) in [5.74, 6) is 1.86. The molecule has 0 aliphatic heterocycles. The Labute approximate surface area is 187 Å². The number of ether oxygens (including phenoxy) is 1. The van der Waals surface area contributed by atoms with Crippen molar-refractivity contribution in [3.63, 3.8) is 0 Å². The molecule has 1 atom stereocenters. The van der Waals surface area contributed by atoms with Crippen LogP contribution in [0.5, 0.6) is 5.75 Å². The first-order valence-corrected chi connectivity index (χ1v) is 11.7. The molecule has 1 aliphatic rings. The van der Waals surface area contributed by atoms with Crippen molar-refractivity contribution in [2.75, 3.05) is 5.75 Å². The smallest absolute Gasteiger partial charge is 0.230 e. The molecule has 0 fully saturated rings. The molecule has 1 aliphatic carbocycles. The maximum Gasteiger partial charge on any atom is 0.230 e. The highest BCUT2D eigenvalue weighted by Crippen LogP contribution is 2.26. The molecule has 0 saturated carbocycles. The Bertz CT molecular complexity index is 1040. The number of thioether (sulfide) groups is 1. The number of fused-ring (bicyclic) bond motifs is 1. The summed E-state index contributed by atoms with van der Waals surface area (Å²) in [7, 11) is 1.90. The molecular formula is C24H28N4O2S. The summed E-state index contributed by atoms with van der Waals surface area (Å²) in [5.41, 5.74) is 3.92. The molecule has 2 aromatic carbocycles. The van der Waals surface area contributed by atoms with Gasteiger partial charge in [-0.2, -0.15) is 0 Å². The highest BCUT2D eigenvalue weighted by Gasteiger charge is 2.15. The normalized spacial score (nSPS) is 14.0. The molecule has 1 unspecified atom stereocenters. The summed E-state index contributed by atoms with van der Waals surface area (Å²) >= 11 is 1.38. The fourth-order valence-corrected chi connectivity index (χ4v) is 4.52. The van der Waals surface area contributed by atoms with E-state index >= 15 is 0 Å². The van der Waals surface area contributed by atoms with Crippen LogP contribution < -0.4 is 10.1 Å². The van der Waals surface area contributed by atoms with Crippen LogP contribution >= 0.6 is 11.8 Å². The summed E-state index contributed by atoms with van der Waals surface area (Å²) < 4.78 is 7.85. The zero-order valence-electron chi connectivity index (χ0n) is 18.0. The topological polar surface area (TPSA) is 69.0 Å². The van der Waals surface area contributed by atoms with Gasteiger partial charge in [0.1, 0.15) is 12.4 Å². The molecule has 7 heteroatoms. The lowest BCUT2D eigenvalue weighted by Gasteiger charge is -2.16. The number of nitrogens with one attached hydrogen (secondary N) is 1. The van der Waals surface area contributed by atoms with Crippen molar-refractivity contribution in [3.05, 3.63) is 71.0 Å². The van der Waals surface area contributed by atoms with E-state index in [1.807, 2.05) is 54.9 Å². The summed E-state index contributed by atoms with van der Waals surface area (Å²) in [6.45, 7) is 2.33. The minimum atomic E-state index is -0.0330. The third kappa shape index (κ3) is 5.47. The molecule has 3 aromatic rings. The minimum absolute atomic E-state index is 0.0313. The standard InChI is InChI=1S/C24H28N4O2S/c1-17(18-8-4-3-5-9-18)25-23(29)16-31-24-27-26-22(28(24)2)15-30-21-13-12-19-10-6-7-11-20(19)14-21/h3-5,8-9,12-14,17H,6-7,10-11,15-16H2,1-2H3,(H,25,29). The van der Waals surface area contributed by atoms with E-state index in [0.717, 1.165) is 30.0 Å². The Balaban J connectivity index is 1.28. The van der Waals surface area contributed by atoms with Crippen LogP contribution in [0, 0.1) is 0 Å². The molecule has 0 saturated heterocycles. The van der Waals surface area contributed by atoms with Gasteiger partial charge in [0.2, 0.25) is 5.91 Å². The van der Waals surface area contributed by atoms with Crippen LogP contribution in [0.15, 0.2) is 53.7 Å². The summed E-state index contributed by atoms with van der Waals surface area (Å²) in [6, 6.07) is 16.3. The van der Waals surface area contributed by atoms with E-state index < -0.39 is 0 Å². The molecule has 0 radical (unpaired) electrons. The second-order valence-electron chi connectivity index (χ2n) is 7.87. The summed E-state index contributed by atoms with van der Waals surface area (Å²) in [4.78, 5) is 12.3. The van der Waals surface area contributed by atoms with Crippen LogP contribution in [0.3, 0.4) is 0 Å². The number of aromatic nitrogens is 3. The molecule has 1 heterocycles. The van der Waals surface area contributed by atoms with Gasteiger partial charge in [-0.3, -0.25) is 4.79 Å². The van der Waals surface area contributed by atoms with Crippen LogP contribution in [-0.4, -0.2) is 26.4 Å². The van der Waals surface area contributed by atoms with Crippen LogP contribution in [0.1, 0.15) is 48.3 Å². The SMILES string of the molecule is CC(NC(=O)CSc1nnc(COc2ccc3c(c2)CCCC3)n1C)c1ccccc1. The number of hydrogen-bond acceptors (Lipinski definition) is 5. The van der Waals surface area contributed by atoms with Gasteiger partial charge in [-0.1, -0.05) is 48.2 Å². The van der Waals surface area contributed by atoms with Gasteiger partial charge in [0.15, 0.2) is 11.0 Å². The maximum absolute atomic E-state index is 12.3. The predicted molar refractivity (Wildman–Crippen MR) is 122 cm³/mol. The number of nitrogens with zero attached hydrogens (tertiary/aromatic N) is 3. The number of aryl methyl sites for hydroxylation is 2. The minimum Gasteiger partial charge on any atom is -0.486 e. The predicted octanol–water partition coefficient (Wildman–Crippen LogP) is 4.24. The summed E-state index contributed by atoms with van der Waals surface area (Å²) in [6.07, 6.45) is 4.81. The molecule has 0 bridgehead atoms. The molecule has 31 heavy (non-hydrogen) atoms. The van der Waals surface area contributed by atoms with Gasteiger partial charge < -0.3 is 14.6 Å². The Morgan fingerprint density at radius 3 is 2.71 bits per heavy atom. The molecule has 0 spiro atoms. The fourth-order valence-electron chi connectivity index (χ4n) is 3.78. The number of hydrogen-bond donors (Lipinski definition) is 1. The highest BCUT2D eigenvalue weighted by atomic mass is 32.2. The average molecular weight is 437 g/mol. The number of carbonyl (C=O) groups is 1. The Morgan fingerprint density at radius 1 is 1.13 bits per heavy atom. The van der Waals surface area contributed by atoms with Crippen molar-refractivity contribution < 1.29 is 9.53 Å². The lowest BCUT2D eigenvalue weighted by Crippen LogP contribution is -2.28. The van der Waals surface area contributed by atoms with Gasteiger partial charge >= 0.3 is 0 Å². The van der Waals surface area contributed by atoms with Gasteiger partial charge in [-0.15, -0.1) is 10.2 Å². The van der Waals surface area contributed by atoms with E-state index in [0.29, 0.717) is 11.8 Å². The molecule has 1 amide bonds. The van der Waals surface area contributed by atoms with Crippen molar-refractivity contribution >= 4 is 17.7 Å². The van der Waals surface area contributed by atoms with Crippen molar-refractivity contribution in [2.45, 2.75) is 50.4 Å². The van der Waals surface area contributed by atoms with Gasteiger partial charge in [0.05, 0.1) is 11.8 Å². The third-order valence-electron chi connectivity index (χ3n) is 5.62. The second kappa shape index (κ2) is 10.0. The van der Waals surface area contributed by atoms with E-state index in [4.69, 9.17) is 4.74 Å². The molecule has 6 nitrogen and oxygen atoms in total. The number of carbonyl (C=O) groups excluding carboxylic acids is 1. The average Bonchev–Trinajstić information content (AvgIpc) is 3.16. The molecule has 162 valence electrons. The maximum atomic E-state index is 12.3. The first-order valence-electron chi connectivity index (χ1n) is 10.7. The zero-order chi connectivity index (χ0) is 21.6. The largest absolute Gasteiger partial charge is 0.486 e. The van der Waals surface area contributed by atoms with E-state index in [2.05, 4.69) is 27.6 Å². The van der Waals surface area contributed by atoms with E-state index in [1.54, 1.807) is 0 Å². The van der Waals surface area contributed by atoms with Crippen molar-refractivity contribution in [1.82, 2.24) is 20.1 Å². The lowest BCUT2D eigenvalue weighted by molar-refractivity contribution is -0.119. The summed E-state index contributed by atoms with van der Waals surface area (Å²) in [5, 5.41) is 12.2.